The van der Waals surface area contributed by atoms with E-state index in [9.17, 15) is 0 Å². The van der Waals surface area contributed by atoms with Crippen LogP contribution in [0.25, 0.3) is 0 Å². The minimum absolute atomic E-state index is 0.529. The number of nitrogens with zero attached hydrogens (tertiary/aromatic N) is 6. The molecule has 3 rings (SSSR count). The SMILES string of the molecule is CNc1nc(Sc2n[nH]c(C)n2)nc(N2CCOCC2)n1. The van der Waals surface area contributed by atoms with Crippen molar-refractivity contribution in [1.82, 2.24) is 30.1 Å². The molecule has 1 aliphatic rings. The van der Waals surface area contributed by atoms with Gasteiger partial charge in [-0.3, -0.25) is 5.10 Å². The number of nitrogens with one attached hydrogen (secondary N) is 2. The summed E-state index contributed by atoms with van der Waals surface area (Å²) in [6.07, 6.45) is 0. The molecule has 0 aromatic carbocycles. The van der Waals surface area contributed by atoms with E-state index in [0.717, 1.165) is 18.9 Å². The van der Waals surface area contributed by atoms with E-state index in [1.807, 2.05) is 6.92 Å². The van der Waals surface area contributed by atoms with Crippen LogP contribution in [0.2, 0.25) is 0 Å². The standard InChI is InChI=1S/C11H16N8OS/c1-7-13-11(18-17-7)21-10-15-8(12-2)14-9(16-10)19-3-5-20-6-4-19/h3-6H2,1-2H3,(H,13,17,18)(H,12,14,15,16). The van der Waals surface area contributed by atoms with Gasteiger partial charge in [-0.25, -0.2) is 4.98 Å². The maximum Gasteiger partial charge on any atom is 0.231 e. The molecule has 0 aliphatic carbocycles. The largest absolute Gasteiger partial charge is 0.378 e. The molecule has 0 spiro atoms. The molecule has 10 heteroatoms. The Hall–Kier alpha value is -1.94. The Kier molecular flexibility index (Phi) is 4.15. The number of aryl methyl sites for hydroxylation is 1. The number of aromatic amines is 1. The molecule has 0 radical (unpaired) electrons. The Labute approximate surface area is 125 Å². The first kappa shape index (κ1) is 14.0. The molecular formula is C11H16N8OS. The average molecular weight is 308 g/mol. The van der Waals surface area contributed by atoms with Gasteiger partial charge in [0.1, 0.15) is 5.82 Å². The number of hydrogen-bond acceptors (Lipinski definition) is 9. The Morgan fingerprint density at radius 1 is 1.14 bits per heavy atom. The van der Waals surface area contributed by atoms with Crippen molar-refractivity contribution < 1.29 is 4.74 Å². The molecular weight excluding hydrogens is 292 g/mol. The summed E-state index contributed by atoms with van der Waals surface area (Å²) in [4.78, 5) is 19.5. The third kappa shape index (κ3) is 3.39. The third-order valence-corrected chi connectivity index (χ3v) is 3.61. The molecule has 1 aliphatic heterocycles. The maximum absolute atomic E-state index is 5.35. The normalized spacial score (nSPS) is 15.2. The Bertz CT molecular complexity index is 612. The van der Waals surface area contributed by atoms with E-state index < -0.39 is 0 Å². The summed E-state index contributed by atoms with van der Waals surface area (Å²) in [6, 6.07) is 0. The molecule has 9 nitrogen and oxygen atoms in total. The molecule has 112 valence electrons. The number of morpholine rings is 1. The van der Waals surface area contributed by atoms with Crippen LogP contribution in [0.4, 0.5) is 11.9 Å². The molecule has 1 fully saturated rings. The fourth-order valence-electron chi connectivity index (χ4n) is 1.86. The van der Waals surface area contributed by atoms with E-state index in [-0.39, 0.29) is 0 Å². The molecule has 0 unspecified atom stereocenters. The molecule has 0 bridgehead atoms. The number of ether oxygens (including phenoxy) is 1. The molecule has 0 amide bonds. The highest BCUT2D eigenvalue weighted by Crippen LogP contribution is 2.23. The number of H-pyrrole nitrogens is 1. The van der Waals surface area contributed by atoms with Gasteiger partial charge in [0.05, 0.1) is 13.2 Å². The molecule has 0 saturated carbocycles. The molecule has 2 aromatic rings. The molecule has 3 heterocycles. The van der Waals surface area contributed by atoms with Gasteiger partial charge >= 0.3 is 0 Å². The van der Waals surface area contributed by atoms with Crippen LogP contribution in [-0.4, -0.2) is 63.5 Å². The van der Waals surface area contributed by atoms with Gasteiger partial charge in [0.15, 0.2) is 0 Å². The van der Waals surface area contributed by atoms with Gasteiger partial charge in [0, 0.05) is 20.1 Å². The van der Waals surface area contributed by atoms with E-state index in [4.69, 9.17) is 4.74 Å². The lowest BCUT2D eigenvalue weighted by atomic mass is 10.4. The summed E-state index contributed by atoms with van der Waals surface area (Å²) in [5.41, 5.74) is 0. The first-order chi connectivity index (χ1) is 10.2. The highest BCUT2D eigenvalue weighted by atomic mass is 32.2. The summed E-state index contributed by atoms with van der Waals surface area (Å²) in [5, 5.41) is 11.0. The highest BCUT2D eigenvalue weighted by Gasteiger charge is 2.17. The van der Waals surface area contributed by atoms with Crippen molar-refractivity contribution in [3.63, 3.8) is 0 Å². The summed E-state index contributed by atoms with van der Waals surface area (Å²) >= 11 is 1.30. The molecule has 2 aromatic heterocycles. The summed E-state index contributed by atoms with van der Waals surface area (Å²) in [7, 11) is 1.78. The molecule has 21 heavy (non-hydrogen) atoms. The van der Waals surface area contributed by atoms with Gasteiger partial charge in [-0.2, -0.15) is 15.0 Å². The van der Waals surface area contributed by atoms with Crippen molar-refractivity contribution in [2.24, 2.45) is 0 Å². The summed E-state index contributed by atoms with van der Waals surface area (Å²) in [6.45, 7) is 4.77. The highest BCUT2D eigenvalue weighted by molar-refractivity contribution is 7.99. The van der Waals surface area contributed by atoms with Gasteiger partial charge in [0.2, 0.25) is 22.2 Å². The van der Waals surface area contributed by atoms with Gasteiger partial charge in [-0.15, -0.1) is 5.10 Å². The monoisotopic (exact) mass is 308 g/mol. The fourth-order valence-corrected chi connectivity index (χ4v) is 2.55. The van der Waals surface area contributed by atoms with Crippen molar-refractivity contribution in [2.45, 2.75) is 17.2 Å². The Balaban J connectivity index is 1.85. The van der Waals surface area contributed by atoms with Crippen LogP contribution in [0.15, 0.2) is 10.3 Å². The van der Waals surface area contributed by atoms with Crippen LogP contribution in [0, 0.1) is 6.92 Å². The van der Waals surface area contributed by atoms with Gasteiger partial charge in [-0.05, 0) is 18.7 Å². The number of rotatable bonds is 4. The zero-order chi connectivity index (χ0) is 14.7. The van der Waals surface area contributed by atoms with Gasteiger partial charge in [0.25, 0.3) is 0 Å². The van der Waals surface area contributed by atoms with E-state index in [0.29, 0.717) is 35.4 Å². The Morgan fingerprint density at radius 2 is 1.95 bits per heavy atom. The number of anilines is 2. The molecule has 0 atom stereocenters. The lowest BCUT2D eigenvalue weighted by Gasteiger charge is -2.26. The van der Waals surface area contributed by atoms with Crippen LogP contribution in [-0.2, 0) is 4.74 Å². The van der Waals surface area contributed by atoms with Crippen molar-refractivity contribution >= 4 is 23.7 Å². The number of aromatic nitrogens is 6. The Morgan fingerprint density at radius 3 is 2.62 bits per heavy atom. The smallest absolute Gasteiger partial charge is 0.231 e. The van der Waals surface area contributed by atoms with Gasteiger partial charge in [-0.1, -0.05) is 0 Å². The van der Waals surface area contributed by atoms with E-state index in [1.165, 1.54) is 11.8 Å². The molecule has 1 saturated heterocycles. The van der Waals surface area contributed by atoms with Crippen molar-refractivity contribution in [3.05, 3.63) is 5.82 Å². The first-order valence-electron chi connectivity index (χ1n) is 6.58. The van der Waals surface area contributed by atoms with Gasteiger partial charge < -0.3 is 15.0 Å². The second-order valence-electron chi connectivity index (χ2n) is 4.40. The number of hydrogen-bond donors (Lipinski definition) is 2. The second-order valence-corrected chi connectivity index (χ2v) is 5.33. The average Bonchev–Trinajstić information content (AvgIpc) is 2.93. The predicted molar refractivity (Wildman–Crippen MR) is 77.6 cm³/mol. The minimum atomic E-state index is 0.529. The van der Waals surface area contributed by atoms with Crippen molar-refractivity contribution in [3.8, 4) is 0 Å². The maximum atomic E-state index is 5.35. The summed E-state index contributed by atoms with van der Waals surface area (Å²) < 4.78 is 5.35. The van der Waals surface area contributed by atoms with Crippen LogP contribution in [0.3, 0.4) is 0 Å². The third-order valence-electron chi connectivity index (χ3n) is 2.88. The topological polar surface area (TPSA) is 105 Å². The van der Waals surface area contributed by atoms with Crippen LogP contribution >= 0.6 is 11.8 Å². The minimum Gasteiger partial charge on any atom is -0.378 e. The quantitative estimate of drug-likeness (QED) is 0.826. The van der Waals surface area contributed by atoms with E-state index >= 15 is 0 Å². The zero-order valence-electron chi connectivity index (χ0n) is 11.8. The van der Waals surface area contributed by atoms with E-state index in [2.05, 4.69) is 40.3 Å². The van der Waals surface area contributed by atoms with Crippen LogP contribution in [0.5, 0.6) is 0 Å². The summed E-state index contributed by atoms with van der Waals surface area (Å²) in [5.74, 6) is 1.93. The fraction of sp³-hybridized carbons (Fsp3) is 0.545. The lowest BCUT2D eigenvalue weighted by Crippen LogP contribution is -2.37. The molecule has 2 N–H and O–H groups in total. The van der Waals surface area contributed by atoms with E-state index in [1.54, 1.807) is 7.05 Å². The van der Waals surface area contributed by atoms with Crippen molar-refractivity contribution in [1.29, 1.82) is 0 Å². The first-order valence-corrected chi connectivity index (χ1v) is 7.39. The second kappa shape index (κ2) is 6.22. The van der Waals surface area contributed by atoms with Crippen molar-refractivity contribution in [2.75, 3.05) is 43.6 Å². The zero-order valence-corrected chi connectivity index (χ0v) is 12.6. The predicted octanol–water partition coefficient (Wildman–Crippen LogP) is 0.328. The lowest BCUT2D eigenvalue weighted by molar-refractivity contribution is 0.122. The van der Waals surface area contributed by atoms with Crippen LogP contribution < -0.4 is 10.2 Å². The van der Waals surface area contributed by atoms with Crippen LogP contribution in [0.1, 0.15) is 5.82 Å².